The number of carbonyl (C=O) groups is 1. The summed E-state index contributed by atoms with van der Waals surface area (Å²) >= 11 is 12.1. The van der Waals surface area contributed by atoms with Gasteiger partial charge in [0.2, 0.25) is 0 Å². The molecule has 2 aromatic carbocycles. The van der Waals surface area contributed by atoms with E-state index in [9.17, 15) is 4.79 Å². The first-order valence-electron chi connectivity index (χ1n) is 9.09. The Kier molecular flexibility index (Phi) is 8.61. The summed E-state index contributed by atoms with van der Waals surface area (Å²) < 4.78 is 0. The van der Waals surface area contributed by atoms with Crippen LogP contribution in [0.1, 0.15) is 21.5 Å². The van der Waals surface area contributed by atoms with Crippen molar-refractivity contribution in [3.63, 3.8) is 0 Å². The summed E-state index contributed by atoms with van der Waals surface area (Å²) in [5.74, 6) is 0.738. The van der Waals surface area contributed by atoms with Crippen molar-refractivity contribution in [1.82, 2.24) is 15.5 Å². The standard InChI is InChI=1S/C21H26Cl2N4O/c1-24-21(26-10-8-16-12-18(22)14-19(23)13-16)25-9-7-15-5-4-6-17(11-15)20(28)27(2)3/h4-6,11-14H,7-10H2,1-3H3,(H2,24,25,26). The zero-order chi connectivity index (χ0) is 20.5. The molecule has 0 saturated heterocycles. The van der Waals surface area contributed by atoms with Crippen molar-refractivity contribution in [2.24, 2.45) is 4.99 Å². The summed E-state index contributed by atoms with van der Waals surface area (Å²) in [5.41, 5.74) is 2.87. The first kappa shape index (κ1) is 22.1. The van der Waals surface area contributed by atoms with Crippen LogP contribution in [0.5, 0.6) is 0 Å². The molecule has 0 aliphatic rings. The highest BCUT2D eigenvalue weighted by molar-refractivity contribution is 6.34. The zero-order valence-corrected chi connectivity index (χ0v) is 17.9. The second-order valence-electron chi connectivity index (χ2n) is 6.60. The highest BCUT2D eigenvalue weighted by Crippen LogP contribution is 2.19. The first-order valence-corrected chi connectivity index (χ1v) is 9.84. The van der Waals surface area contributed by atoms with Crippen molar-refractivity contribution in [1.29, 1.82) is 0 Å². The molecule has 150 valence electrons. The number of hydrogen-bond acceptors (Lipinski definition) is 2. The Balaban J connectivity index is 1.79. The summed E-state index contributed by atoms with van der Waals surface area (Å²) in [7, 11) is 5.25. The Labute approximate surface area is 176 Å². The van der Waals surface area contributed by atoms with Gasteiger partial charge in [0.25, 0.3) is 5.91 Å². The van der Waals surface area contributed by atoms with Gasteiger partial charge in [0.15, 0.2) is 5.96 Å². The number of amides is 1. The molecule has 0 unspecified atom stereocenters. The molecule has 2 N–H and O–H groups in total. The van der Waals surface area contributed by atoms with Crippen LogP contribution in [0.4, 0.5) is 0 Å². The van der Waals surface area contributed by atoms with E-state index in [1.807, 2.05) is 36.4 Å². The Morgan fingerprint density at radius 3 is 2.14 bits per heavy atom. The normalized spacial score (nSPS) is 11.2. The van der Waals surface area contributed by atoms with Crippen molar-refractivity contribution >= 4 is 35.1 Å². The Morgan fingerprint density at radius 2 is 1.57 bits per heavy atom. The van der Waals surface area contributed by atoms with Crippen LogP contribution < -0.4 is 10.6 Å². The van der Waals surface area contributed by atoms with E-state index in [4.69, 9.17) is 23.2 Å². The molecule has 5 nitrogen and oxygen atoms in total. The van der Waals surface area contributed by atoms with E-state index in [-0.39, 0.29) is 5.91 Å². The van der Waals surface area contributed by atoms with Gasteiger partial charge in [-0.1, -0.05) is 35.3 Å². The number of rotatable bonds is 7. The largest absolute Gasteiger partial charge is 0.356 e. The minimum absolute atomic E-state index is 0.00778. The molecule has 1 amide bonds. The Hall–Kier alpha value is -2.24. The molecular formula is C21H26Cl2N4O. The number of halogens is 2. The highest BCUT2D eigenvalue weighted by atomic mass is 35.5. The smallest absolute Gasteiger partial charge is 0.253 e. The highest BCUT2D eigenvalue weighted by Gasteiger charge is 2.08. The van der Waals surface area contributed by atoms with Crippen molar-refractivity contribution in [2.45, 2.75) is 12.8 Å². The van der Waals surface area contributed by atoms with E-state index < -0.39 is 0 Å². The molecular weight excluding hydrogens is 395 g/mol. The van der Waals surface area contributed by atoms with E-state index in [0.29, 0.717) is 28.7 Å². The van der Waals surface area contributed by atoms with Crippen molar-refractivity contribution < 1.29 is 4.79 Å². The first-order chi connectivity index (χ1) is 13.4. The third-order valence-corrected chi connectivity index (χ3v) is 4.57. The number of carbonyl (C=O) groups excluding carboxylic acids is 1. The maximum absolute atomic E-state index is 12.1. The maximum Gasteiger partial charge on any atom is 0.253 e. The van der Waals surface area contributed by atoms with Crippen LogP contribution >= 0.6 is 23.2 Å². The molecule has 0 spiro atoms. The fourth-order valence-electron chi connectivity index (χ4n) is 2.74. The molecule has 0 heterocycles. The number of nitrogens with one attached hydrogen (secondary N) is 2. The summed E-state index contributed by atoms with van der Waals surface area (Å²) in [4.78, 5) is 17.9. The van der Waals surface area contributed by atoms with Gasteiger partial charge in [0.1, 0.15) is 0 Å². The molecule has 2 aromatic rings. The molecule has 7 heteroatoms. The molecule has 0 fully saturated rings. The number of hydrogen-bond donors (Lipinski definition) is 2. The van der Waals surface area contributed by atoms with Crippen molar-refractivity contribution in [2.75, 3.05) is 34.2 Å². The lowest BCUT2D eigenvalue weighted by molar-refractivity contribution is 0.0827. The van der Waals surface area contributed by atoms with Gasteiger partial charge in [-0.2, -0.15) is 0 Å². The molecule has 0 aliphatic heterocycles. The van der Waals surface area contributed by atoms with Gasteiger partial charge in [-0.05, 0) is 54.3 Å². The third-order valence-electron chi connectivity index (χ3n) is 4.14. The fourth-order valence-corrected chi connectivity index (χ4v) is 3.32. The van der Waals surface area contributed by atoms with Gasteiger partial charge >= 0.3 is 0 Å². The number of nitrogens with zero attached hydrogens (tertiary/aromatic N) is 2. The zero-order valence-electron chi connectivity index (χ0n) is 16.4. The van der Waals surface area contributed by atoms with Crippen LogP contribution in [0.25, 0.3) is 0 Å². The lowest BCUT2D eigenvalue weighted by Crippen LogP contribution is -2.39. The SMILES string of the molecule is CN=C(NCCc1cc(Cl)cc(Cl)c1)NCCc1cccc(C(=O)N(C)C)c1. The van der Waals surface area contributed by atoms with E-state index >= 15 is 0 Å². The number of benzene rings is 2. The predicted octanol–water partition coefficient (Wildman–Crippen LogP) is 3.65. The topological polar surface area (TPSA) is 56.7 Å². The minimum Gasteiger partial charge on any atom is -0.356 e. The van der Waals surface area contributed by atoms with E-state index in [1.165, 1.54) is 0 Å². The van der Waals surface area contributed by atoms with Crippen LogP contribution in [-0.2, 0) is 12.8 Å². The molecule has 28 heavy (non-hydrogen) atoms. The second-order valence-corrected chi connectivity index (χ2v) is 7.48. The van der Waals surface area contributed by atoms with Gasteiger partial charge in [-0.25, -0.2) is 0 Å². The summed E-state index contributed by atoms with van der Waals surface area (Å²) in [5, 5.41) is 7.85. The van der Waals surface area contributed by atoms with Crippen LogP contribution in [-0.4, -0.2) is 51.0 Å². The van der Waals surface area contributed by atoms with Crippen molar-refractivity contribution in [3.05, 3.63) is 69.2 Å². The van der Waals surface area contributed by atoms with Gasteiger partial charge in [-0.15, -0.1) is 0 Å². The Bertz CT molecular complexity index is 817. The molecule has 0 aliphatic carbocycles. The quantitative estimate of drug-likeness (QED) is 0.530. The van der Waals surface area contributed by atoms with Crippen LogP contribution in [0.2, 0.25) is 10.0 Å². The minimum atomic E-state index is 0.00778. The average Bonchev–Trinajstić information content (AvgIpc) is 2.65. The summed E-state index contributed by atoms with van der Waals surface area (Å²) in [6.45, 7) is 1.42. The van der Waals surface area contributed by atoms with Gasteiger partial charge in [0.05, 0.1) is 0 Å². The van der Waals surface area contributed by atoms with E-state index in [2.05, 4.69) is 15.6 Å². The average molecular weight is 421 g/mol. The molecule has 0 aromatic heterocycles. The molecule has 0 bridgehead atoms. The maximum atomic E-state index is 12.1. The van der Waals surface area contributed by atoms with E-state index in [1.54, 1.807) is 32.1 Å². The van der Waals surface area contributed by atoms with Gasteiger partial charge in [-0.3, -0.25) is 9.79 Å². The van der Waals surface area contributed by atoms with E-state index in [0.717, 1.165) is 29.9 Å². The fraction of sp³-hybridized carbons (Fsp3) is 0.333. The second kappa shape index (κ2) is 10.9. The van der Waals surface area contributed by atoms with Gasteiger partial charge < -0.3 is 15.5 Å². The molecule has 0 saturated carbocycles. The lowest BCUT2D eigenvalue weighted by Gasteiger charge is -2.13. The molecule has 2 rings (SSSR count). The Morgan fingerprint density at radius 1 is 0.964 bits per heavy atom. The summed E-state index contributed by atoms with van der Waals surface area (Å²) in [6.07, 6.45) is 1.58. The van der Waals surface area contributed by atoms with Crippen LogP contribution in [0.15, 0.2) is 47.5 Å². The number of guanidine groups is 1. The monoisotopic (exact) mass is 420 g/mol. The predicted molar refractivity (Wildman–Crippen MR) is 118 cm³/mol. The van der Waals surface area contributed by atoms with Crippen molar-refractivity contribution in [3.8, 4) is 0 Å². The summed E-state index contributed by atoms with van der Waals surface area (Å²) in [6, 6.07) is 13.2. The molecule has 0 radical (unpaired) electrons. The third kappa shape index (κ3) is 7.06. The van der Waals surface area contributed by atoms with Crippen LogP contribution in [0.3, 0.4) is 0 Å². The number of aliphatic imine (C=N–C) groups is 1. The van der Waals surface area contributed by atoms with Gasteiger partial charge in [0, 0.05) is 49.8 Å². The lowest BCUT2D eigenvalue weighted by atomic mass is 10.1. The van der Waals surface area contributed by atoms with Crippen LogP contribution in [0, 0.1) is 0 Å². The molecule has 0 atom stereocenters.